The molecule has 0 N–H and O–H groups in total. The fourth-order valence-corrected chi connectivity index (χ4v) is 2.85. The highest BCUT2D eigenvalue weighted by molar-refractivity contribution is 5.82. The van der Waals surface area contributed by atoms with Gasteiger partial charge in [-0.05, 0) is 51.1 Å². The molecule has 114 valence electrons. The van der Waals surface area contributed by atoms with Crippen LogP contribution >= 0.6 is 0 Å². The normalized spacial score (nSPS) is 11.3. The lowest BCUT2D eigenvalue weighted by Crippen LogP contribution is -2.08. The summed E-state index contributed by atoms with van der Waals surface area (Å²) in [7, 11) is 0. The zero-order valence-electron chi connectivity index (χ0n) is 13.1. The molecular formula is C19H20FNO. The molecule has 3 rings (SSSR count). The predicted molar refractivity (Wildman–Crippen MR) is 87.8 cm³/mol. The van der Waals surface area contributed by atoms with Gasteiger partial charge in [0.15, 0.2) is 0 Å². The Hall–Kier alpha value is -2.29. The van der Waals surface area contributed by atoms with Gasteiger partial charge in [0.1, 0.15) is 18.2 Å². The lowest BCUT2D eigenvalue weighted by atomic mass is 10.2. The molecule has 2 aromatic carbocycles. The summed E-state index contributed by atoms with van der Waals surface area (Å²) >= 11 is 0. The van der Waals surface area contributed by atoms with Crippen LogP contribution in [0.3, 0.4) is 0 Å². The Morgan fingerprint density at radius 2 is 1.91 bits per heavy atom. The Morgan fingerprint density at radius 3 is 2.64 bits per heavy atom. The quantitative estimate of drug-likeness (QED) is 0.641. The second-order valence-corrected chi connectivity index (χ2v) is 5.91. The fourth-order valence-electron chi connectivity index (χ4n) is 2.85. The van der Waals surface area contributed by atoms with Gasteiger partial charge in [-0.25, -0.2) is 4.39 Å². The summed E-state index contributed by atoms with van der Waals surface area (Å²) in [5.74, 6) is 0.272. The van der Waals surface area contributed by atoms with Gasteiger partial charge in [0, 0.05) is 23.0 Å². The van der Waals surface area contributed by atoms with Crippen LogP contribution in [0.25, 0.3) is 10.9 Å². The first-order chi connectivity index (χ1) is 10.5. The lowest BCUT2D eigenvalue weighted by Gasteiger charge is -2.15. The van der Waals surface area contributed by atoms with E-state index in [1.807, 2.05) is 0 Å². The average molecular weight is 297 g/mol. The van der Waals surface area contributed by atoms with Crippen molar-refractivity contribution in [1.82, 2.24) is 4.57 Å². The van der Waals surface area contributed by atoms with E-state index in [1.54, 1.807) is 12.1 Å². The van der Waals surface area contributed by atoms with Crippen molar-refractivity contribution < 1.29 is 9.13 Å². The van der Waals surface area contributed by atoms with E-state index >= 15 is 0 Å². The molecule has 0 aliphatic carbocycles. The van der Waals surface area contributed by atoms with Crippen molar-refractivity contribution >= 4 is 10.9 Å². The Kier molecular flexibility index (Phi) is 3.88. The van der Waals surface area contributed by atoms with E-state index in [0.29, 0.717) is 18.4 Å². The summed E-state index contributed by atoms with van der Waals surface area (Å²) in [4.78, 5) is 0. The number of aryl methyl sites for hydroxylation is 1. The first kappa shape index (κ1) is 14.6. The van der Waals surface area contributed by atoms with Crippen LogP contribution in [0.4, 0.5) is 4.39 Å². The summed E-state index contributed by atoms with van der Waals surface area (Å²) in [6.07, 6.45) is 0. The minimum Gasteiger partial charge on any atom is -0.487 e. The molecule has 0 saturated heterocycles. The number of rotatable bonds is 4. The van der Waals surface area contributed by atoms with E-state index in [1.165, 1.54) is 28.6 Å². The molecule has 2 nitrogen and oxygen atoms in total. The Bertz CT molecular complexity index is 804. The summed E-state index contributed by atoms with van der Waals surface area (Å²) < 4.78 is 21.3. The summed E-state index contributed by atoms with van der Waals surface area (Å²) in [5.41, 5.74) is 3.55. The lowest BCUT2D eigenvalue weighted by molar-refractivity contribution is 0.291. The number of aromatic nitrogens is 1. The highest BCUT2D eigenvalue weighted by atomic mass is 19.1. The van der Waals surface area contributed by atoms with Crippen LogP contribution in [0.15, 0.2) is 48.5 Å². The Balaban J connectivity index is 1.94. The van der Waals surface area contributed by atoms with Crippen LogP contribution in [0.2, 0.25) is 0 Å². The molecule has 3 heteroatoms. The monoisotopic (exact) mass is 297 g/mol. The van der Waals surface area contributed by atoms with Crippen molar-refractivity contribution in [2.45, 2.75) is 33.4 Å². The smallest absolute Gasteiger partial charge is 0.128 e. The van der Waals surface area contributed by atoms with Gasteiger partial charge in [0.2, 0.25) is 0 Å². The van der Waals surface area contributed by atoms with Crippen molar-refractivity contribution in [1.29, 1.82) is 0 Å². The number of benzene rings is 2. The van der Waals surface area contributed by atoms with Gasteiger partial charge < -0.3 is 9.30 Å². The third-order valence-electron chi connectivity index (χ3n) is 3.77. The zero-order valence-corrected chi connectivity index (χ0v) is 13.1. The number of nitrogens with zero attached hydrogens (tertiary/aromatic N) is 1. The molecule has 0 radical (unpaired) electrons. The van der Waals surface area contributed by atoms with Gasteiger partial charge in [-0.15, -0.1) is 0 Å². The maximum atomic E-state index is 13.2. The van der Waals surface area contributed by atoms with E-state index in [4.69, 9.17) is 4.74 Å². The third kappa shape index (κ3) is 2.84. The van der Waals surface area contributed by atoms with Crippen LogP contribution in [-0.4, -0.2) is 4.57 Å². The number of hydrogen-bond donors (Lipinski definition) is 0. The summed E-state index contributed by atoms with van der Waals surface area (Å²) in [5, 5.41) is 1.21. The van der Waals surface area contributed by atoms with E-state index in [2.05, 4.69) is 49.6 Å². The largest absolute Gasteiger partial charge is 0.487 e. The van der Waals surface area contributed by atoms with Crippen molar-refractivity contribution in [3.05, 3.63) is 65.6 Å². The molecule has 0 aliphatic rings. The molecule has 0 spiro atoms. The van der Waals surface area contributed by atoms with Gasteiger partial charge >= 0.3 is 0 Å². The van der Waals surface area contributed by atoms with Gasteiger partial charge in [-0.3, -0.25) is 0 Å². The highest BCUT2D eigenvalue weighted by Crippen LogP contribution is 2.26. The number of ether oxygens (including phenoxy) is 1. The standard InChI is InChI=1S/C19H20FNO/c1-13(2)21-17(10-15-9-14(3)7-8-19(15)21)12-22-18-6-4-5-16(20)11-18/h4-11,13H,12H2,1-3H3. The first-order valence-corrected chi connectivity index (χ1v) is 7.53. The van der Waals surface area contributed by atoms with Gasteiger partial charge in [-0.2, -0.15) is 0 Å². The van der Waals surface area contributed by atoms with Crippen molar-refractivity contribution in [3.8, 4) is 5.75 Å². The Labute approximate surface area is 130 Å². The molecule has 0 amide bonds. The van der Waals surface area contributed by atoms with Crippen molar-refractivity contribution in [3.63, 3.8) is 0 Å². The molecule has 3 aromatic rings. The van der Waals surface area contributed by atoms with E-state index < -0.39 is 0 Å². The van der Waals surface area contributed by atoms with Crippen LogP contribution in [0.5, 0.6) is 5.75 Å². The summed E-state index contributed by atoms with van der Waals surface area (Å²) in [6, 6.07) is 15.2. The van der Waals surface area contributed by atoms with Gasteiger partial charge in [0.05, 0.1) is 5.69 Å². The summed E-state index contributed by atoms with van der Waals surface area (Å²) in [6.45, 7) is 6.83. The Morgan fingerprint density at radius 1 is 1.09 bits per heavy atom. The molecule has 22 heavy (non-hydrogen) atoms. The SMILES string of the molecule is Cc1ccc2c(c1)cc(COc1cccc(F)c1)n2C(C)C. The minimum absolute atomic E-state index is 0.280. The average Bonchev–Trinajstić information content (AvgIpc) is 2.82. The molecule has 0 bridgehead atoms. The molecule has 1 aromatic heterocycles. The second kappa shape index (κ2) is 5.84. The van der Waals surface area contributed by atoms with Crippen LogP contribution in [0.1, 0.15) is 31.1 Å². The van der Waals surface area contributed by atoms with E-state index in [9.17, 15) is 4.39 Å². The maximum Gasteiger partial charge on any atom is 0.128 e. The van der Waals surface area contributed by atoms with Crippen LogP contribution in [-0.2, 0) is 6.61 Å². The maximum absolute atomic E-state index is 13.2. The van der Waals surface area contributed by atoms with Gasteiger partial charge in [0.25, 0.3) is 0 Å². The van der Waals surface area contributed by atoms with E-state index in [0.717, 1.165) is 5.69 Å². The predicted octanol–water partition coefficient (Wildman–Crippen LogP) is 5.25. The van der Waals surface area contributed by atoms with Crippen molar-refractivity contribution in [2.75, 3.05) is 0 Å². The molecule has 0 atom stereocenters. The number of hydrogen-bond acceptors (Lipinski definition) is 1. The van der Waals surface area contributed by atoms with E-state index in [-0.39, 0.29) is 5.82 Å². The second-order valence-electron chi connectivity index (χ2n) is 5.91. The van der Waals surface area contributed by atoms with Crippen LogP contribution in [0, 0.1) is 12.7 Å². The minimum atomic E-state index is -0.280. The first-order valence-electron chi connectivity index (χ1n) is 7.53. The molecule has 1 heterocycles. The number of halogens is 1. The molecular weight excluding hydrogens is 277 g/mol. The molecule has 0 aliphatic heterocycles. The topological polar surface area (TPSA) is 14.2 Å². The molecule has 0 saturated carbocycles. The number of fused-ring (bicyclic) bond motifs is 1. The van der Waals surface area contributed by atoms with Crippen LogP contribution < -0.4 is 4.74 Å². The third-order valence-corrected chi connectivity index (χ3v) is 3.77. The molecule has 0 fully saturated rings. The highest BCUT2D eigenvalue weighted by Gasteiger charge is 2.12. The van der Waals surface area contributed by atoms with Crippen molar-refractivity contribution in [2.24, 2.45) is 0 Å². The molecule has 0 unspecified atom stereocenters. The fraction of sp³-hybridized carbons (Fsp3) is 0.263. The zero-order chi connectivity index (χ0) is 15.7. The van der Waals surface area contributed by atoms with Gasteiger partial charge in [-0.1, -0.05) is 17.7 Å².